The van der Waals surface area contributed by atoms with E-state index in [1.54, 1.807) is 66.2 Å². The molecule has 0 aliphatic rings. The van der Waals surface area contributed by atoms with E-state index in [9.17, 15) is 14.9 Å². The van der Waals surface area contributed by atoms with Gasteiger partial charge in [-0.1, -0.05) is 24.3 Å². The maximum atomic E-state index is 12.6. The summed E-state index contributed by atoms with van der Waals surface area (Å²) in [5.41, 5.74) is 5.95. The normalized spacial score (nSPS) is 10.8. The molecule has 2 aromatic carbocycles. The van der Waals surface area contributed by atoms with Crippen molar-refractivity contribution in [1.29, 1.82) is 5.26 Å². The van der Waals surface area contributed by atoms with Gasteiger partial charge in [-0.2, -0.15) is 5.26 Å². The quantitative estimate of drug-likeness (QED) is 0.470. The van der Waals surface area contributed by atoms with Gasteiger partial charge in [-0.3, -0.25) is 19.7 Å². The molecule has 156 valence electrons. The summed E-state index contributed by atoms with van der Waals surface area (Å²) in [4.78, 5) is 25.1. The first kappa shape index (κ1) is 21.4. The highest BCUT2D eigenvalue weighted by molar-refractivity contribution is 6.09. The van der Waals surface area contributed by atoms with Crippen LogP contribution in [0, 0.1) is 25.2 Å². The third-order valence-corrected chi connectivity index (χ3v) is 4.71. The van der Waals surface area contributed by atoms with Crippen molar-refractivity contribution in [2.45, 2.75) is 13.8 Å². The van der Waals surface area contributed by atoms with Crippen molar-refractivity contribution in [2.75, 3.05) is 17.9 Å². The summed E-state index contributed by atoms with van der Waals surface area (Å²) in [5.74, 6) is -0.193. The van der Waals surface area contributed by atoms with Crippen LogP contribution < -0.4 is 15.5 Å². The van der Waals surface area contributed by atoms with Gasteiger partial charge in [0.2, 0.25) is 0 Å². The maximum absolute atomic E-state index is 12.6. The van der Waals surface area contributed by atoms with Crippen molar-refractivity contribution in [3.63, 3.8) is 0 Å². The Morgan fingerprint density at radius 1 is 1.06 bits per heavy atom. The van der Waals surface area contributed by atoms with Crippen LogP contribution >= 0.6 is 0 Å². The van der Waals surface area contributed by atoms with Crippen LogP contribution in [0.1, 0.15) is 27.3 Å². The molecular weight excluding hydrogens is 392 g/mol. The minimum atomic E-state index is -0.533. The van der Waals surface area contributed by atoms with Crippen molar-refractivity contribution in [3.8, 4) is 11.8 Å². The Kier molecular flexibility index (Phi) is 6.53. The Morgan fingerprint density at radius 3 is 2.48 bits per heavy atom. The SMILES string of the molecule is COc1cccc(NC(=O)/C(C#N)=C\c2cc(C)n(NC(=O)c3ccccc3)c2C)c1. The minimum absolute atomic E-state index is 0.0579. The molecule has 0 aliphatic carbocycles. The van der Waals surface area contributed by atoms with E-state index in [4.69, 9.17) is 4.74 Å². The van der Waals surface area contributed by atoms with Crippen LogP contribution in [0.15, 0.2) is 66.2 Å². The lowest BCUT2D eigenvalue weighted by Gasteiger charge is -2.11. The van der Waals surface area contributed by atoms with E-state index in [0.29, 0.717) is 28.3 Å². The van der Waals surface area contributed by atoms with Gasteiger partial charge >= 0.3 is 0 Å². The van der Waals surface area contributed by atoms with E-state index < -0.39 is 5.91 Å². The number of carbonyl (C=O) groups excluding carboxylic acids is 2. The molecule has 3 rings (SSSR count). The third-order valence-electron chi connectivity index (χ3n) is 4.71. The van der Waals surface area contributed by atoms with E-state index in [-0.39, 0.29) is 11.5 Å². The number of methoxy groups -OCH3 is 1. The number of aromatic nitrogens is 1. The molecule has 0 bridgehead atoms. The molecule has 7 nitrogen and oxygen atoms in total. The zero-order valence-electron chi connectivity index (χ0n) is 17.5. The first-order valence-corrected chi connectivity index (χ1v) is 9.55. The average molecular weight is 414 g/mol. The molecule has 0 fully saturated rings. The fourth-order valence-corrected chi connectivity index (χ4v) is 3.06. The van der Waals surface area contributed by atoms with Crippen molar-refractivity contribution < 1.29 is 14.3 Å². The number of rotatable bonds is 6. The Morgan fingerprint density at radius 2 is 1.81 bits per heavy atom. The number of carbonyl (C=O) groups is 2. The molecule has 0 saturated heterocycles. The molecule has 0 spiro atoms. The predicted molar refractivity (Wildman–Crippen MR) is 119 cm³/mol. The van der Waals surface area contributed by atoms with Gasteiger partial charge in [0.1, 0.15) is 17.4 Å². The highest BCUT2D eigenvalue weighted by Gasteiger charge is 2.15. The summed E-state index contributed by atoms with van der Waals surface area (Å²) in [6, 6.07) is 19.5. The van der Waals surface area contributed by atoms with Crippen LogP contribution in [0.2, 0.25) is 0 Å². The van der Waals surface area contributed by atoms with E-state index in [2.05, 4.69) is 10.7 Å². The van der Waals surface area contributed by atoms with Crippen molar-refractivity contribution >= 4 is 23.6 Å². The van der Waals surface area contributed by atoms with Crippen LogP contribution in [-0.2, 0) is 4.79 Å². The third kappa shape index (κ3) is 5.00. The molecule has 1 aromatic heterocycles. The lowest BCUT2D eigenvalue weighted by molar-refractivity contribution is -0.112. The number of aryl methyl sites for hydroxylation is 1. The fourth-order valence-electron chi connectivity index (χ4n) is 3.06. The number of nitriles is 1. The number of ether oxygens (including phenoxy) is 1. The largest absolute Gasteiger partial charge is 0.497 e. The highest BCUT2D eigenvalue weighted by Crippen LogP contribution is 2.20. The topological polar surface area (TPSA) is 96.2 Å². The van der Waals surface area contributed by atoms with Crippen LogP contribution in [0.4, 0.5) is 5.69 Å². The molecule has 0 radical (unpaired) electrons. The Labute approximate surface area is 180 Å². The van der Waals surface area contributed by atoms with Gasteiger partial charge in [0.25, 0.3) is 11.8 Å². The number of benzene rings is 2. The lowest BCUT2D eigenvalue weighted by Crippen LogP contribution is -2.24. The molecule has 1 heterocycles. The van der Waals surface area contributed by atoms with E-state index in [0.717, 1.165) is 5.69 Å². The maximum Gasteiger partial charge on any atom is 0.270 e. The summed E-state index contributed by atoms with van der Waals surface area (Å²) in [6.07, 6.45) is 1.50. The van der Waals surface area contributed by atoms with Crippen LogP contribution in [-0.4, -0.2) is 23.6 Å². The van der Waals surface area contributed by atoms with Gasteiger partial charge in [0.15, 0.2) is 0 Å². The van der Waals surface area contributed by atoms with E-state index in [1.165, 1.54) is 13.2 Å². The predicted octanol–water partition coefficient (Wildman–Crippen LogP) is 4.04. The molecule has 31 heavy (non-hydrogen) atoms. The monoisotopic (exact) mass is 414 g/mol. The number of hydrogen-bond acceptors (Lipinski definition) is 4. The summed E-state index contributed by atoms with van der Waals surface area (Å²) >= 11 is 0. The van der Waals surface area contributed by atoms with Gasteiger partial charge in [-0.15, -0.1) is 0 Å². The number of hydrogen-bond donors (Lipinski definition) is 2. The second kappa shape index (κ2) is 9.46. The lowest BCUT2D eigenvalue weighted by atomic mass is 10.1. The molecule has 7 heteroatoms. The van der Waals surface area contributed by atoms with Crippen LogP contribution in [0.3, 0.4) is 0 Å². The first-order valence-electron chi connectivity index (χ1n) is 9.55. The molecule has 3 aromatic rings. The smallest absolute Gasteiger partial charge is 0.270 e. The average Bonchev–Trinajstić information content (AvgIpc) is 3.05. The van der Waals surface area contributed by atoms with Gasteiger partial charge in [0, 0.05) is 28.7 Å². The second-order valence-corrected chi connectivity index (χ2v) is 6.82. The van der Waals surface area contributed by atoms with Gasteiger partial charge in [0.05, 0.1) is 7.11 Å². The van der Waals surface area contributed by atoms with Crippen LogP contribution in [0.25, 0.3) is 6.08 Å². The summed E-state index contributed by atoms with van der Waals surface area (Å²) < 4.78 is 6.78. The zero-order valence-corrected chi connectivity index (χ0v) is 17.5. The molecule has 0 atom stereocenters. The zero-order chi connectivity index (χ0) is 22.4. The number of amides is 2. The Balaban J connectivity index is 1.82. The molecule has 0 aliphatic heterocycles. The number of anilines is 1. The summed E-state index contributed by atoms with van der Waals surface area (Å²) in [7, 11) is 1.54. The second-order valence-electron chi connectivity index (χ2n) is 6.82. The van der Waals surface area contributed by atoms with Crippen molar-refractivity contribution in [2.24, 2.45) is 0 Å². The summed E-state index contributed by atoms with van der Waals surface area (Å²) in [6.45, 7) is 3.64. The molecular formula is C24H22N4O3. The molecule has 2 amide bonds. The van der Waals surface area contributed by atoms with E-state index >= 15 is 0 Å². The summed E-state index contributed by atoms with van der Waals surface area (Å²) in [5, 5.41) is 12.2. The van der Waals surface area contributed by atoms with Crippen LogP contribution in [0.5, 0.6) is 5.75 Å². The fraction of sp³-hybridized carbons (Fsp3) is 0.125. The Bertz CT molecular complexity index is 1190. The number of nitrogens with one attached hydrogen (secondary N) is 2. The van der Waals surface area contributed by atoms with Crippen molar-refractivity contribution in [1.82, 2.24) is 4.68 Å². The van der Waals surface area contributed by atoms with Gasteiger partial charge in [-0.05, 0) is 55.8 Å². The highest BCUT2D eigenvalue weighted by atomic mass is 16.5. The number of nitrogens with zero attached hydrogens (tertiary/aromatic N) is 2. The molecule has 2 N–H and O–H groups in total. The molecule has 0 saturated carbocycles. The van der Waals surface area contributed by atoms with Crippen molar-refractivity contribution in [3.05, 3.63) is 88.8 Å². The minimum Gasteiger partial charge on any atom is -0.497 e. The van der Waals surface area contributed by atoms with Gasteiger partial charge < -0.3 is 10.1 Å². The Hall–Kier alpha value is -4.31. The molecule has 0 unspecified atom stereocenters. The standard InChI is InChI=1S/C24H22N4O3/c1-16-12-19(17(2)28(16)27-24(30)18-8-5-4-6-9-18)13-20(15-25)23(29)26-21-10-7-11-22(14-21)31-3/h4-14H,1-3H3,(H,26,29)(H,27,30)/b20-13-. The van der Waals surface area contributed by atoms with E-state index in [1.807, 2.05) is 19.1 Å². The first-order chi connectivity index (χ1) is 14.9. The van der Waals surface area contributed by atoms with Gasteiger partial charge in [-0.25, -0.2) is 0 Å².